The molecule has 12 heavy (non-hydrogen) atoms. The van der Waals surface area contributed by atoms with Crippen LogP contribution in [0.5, 0.6) is 0 Å². The Morgan fingerprint density at radius 1 is 1.67 bits per heavy atom. The van der Waals surface area contributed by atoms with Crippen LogP contribution in [0.4, 0.5) is 0 Å². The number of aromatic nitrogens is 2. The van der Waals surface area contributed by atoms with E-state index in [2.05, 4.69) is 18.9 Å². The molecule has 0 aliphatic carbocycles. The molecule has 1 aromatic heterocycles. The zero-order valence-corrected chi connectivity index (χ0v) is 8.04. The van der Waals surface area contributed by atoms with Crippen molar-refractivity contribution in [3.05, 3.63) is 17.5 Å². The van der Waals surface area contributed by atoms with Gasteiger partial charge in [-0.15, -0.1) is 0 Å². The van der Waals surface area contributed by atoms with Gasteiger partial charge in [0.05, 0.1) is 6.20 Å². The summed E-state index contributed by atoms with van der Waals surface area (Å²) < 4.78 is 2.01. The second kappa shape index (κ2) is 3.72. The molecule has 0 fully saturated rings. The summed E-state index contributed by atoms with van der Waals surface area (Å²) in [6, 6.07) is 0.0932. The first-order valence-corrected chi connectivity index (χ1v) is 4.44. The van der Waals surface area contributed by atoms with Crippen molar-refractivity contribution >= 4 is 0 Å². The zero-order valence-electron chi connectivity index (χ0n) is 8.04. The summed E-state index contributed by atoms with van der Waals surface area (Å²) in [5.41, 5.74) is 8.13. The average Bonchev–Trinajstić information content (AvgIpc) is 2.34. The number of aryl methyl sites for hydroxylation is 1. The molecule has 3 heteroatoms. The minimum atomic E-state index is 0.0932. The van der Waals surface area contributed by atoms with Crippen LogP contribution in [0, 0.1) is 6.92 Å². The van der Waals surface area contributed by atoms with Gasteiger partial charge in [0.25, 0.3) is 0 Å². The maximum absolute atomic E-state index is 5.77. The standard InChI is InChI=1S/C9H17N3/c1-4-5-12-8(3)9(6-11-12)7(2)10/h6-7H,4-5,10H2,1-3H3/t7-/m0/s1. The molecule has 0 unspecified atom stereocenters. The van der Waals surface area contributed by atoms with Gasteiger partial charge in [0.2, 0.25) is 0 Å². The van der Waals surface area contributed by atoms with E-state index in [4.69, 9.17) is 5.73 Å². The lowest BCUT2D eigenvalue weighted by Gasteiger charge is -2.05. The number of hydrogen-bond donors (Lipinski definition) is 1. The van der Waals surface area contributed by atoms with Crippen molar-refractivity contribution in [1.29, 1.82) is 0 Å². The summed E-state index contributed by atoms with van der Waals surface area (Å²) in [5.74, 6) is 0. The van der Waals surface area contributed by atoms with E-state index in [1.807, 2.05) is 17.8 Å². The van der Waals surface area contributed by atoms with Crippen molar-refractivity contribution in [1.82, 2.24) is 9.78 Å². The van der Waals surface area contributed by atoms with Gasteiger partial charge < -0.3 is 5.73 Å². The molecule has 3 nitrogen and oxygen atoms in total. The van der Waals surface area contributed by atoms with Gasteiger partial charge in [-0.1, -0.05) is 6.92 Å². The Morgan fingerprint density at radius 3 is 2.75 bits per heavy atom. The Bertz CT molecular complexity index is 250. The van der Waals surface area contributed by atoms with Crippen LogP contribution in [0.25, 0.3) is 0 Å². The fraction of sp³-hybridized carbons (Fsp3) is 0.667. The Morgan fingerprint density at radius 2 is 2.33 bits per heavy atom. The van der Waals surface area contributed by atoms with Gasteiger partial charge in [-0.2, -0.15) is 5.10 Å². The van der Waals surface area contributed by atoms with Crippen molar-refractivity contribution in [2.75, 3.05) is 0 Å². The lowest BCUT2D eigenvalue weighted by atomic mass is 10.1. The Hall–Kier alpha value is -0.830. The van der Waals surface area contributed by atoms with Gasteiger partial charge in [0.1, 0.15) is 0 Å². The summed E-state index contributed by atoms with van der Waals surface area (Å²) in [7, 11) is 0. The minimum absolute atomic E-state index is 0.0932. The maximum atomic E-state index is 5.77. The van der Waals surface area contributed by atoms with Gasteiger partial charge in [-0.05, 0) is 20.3 Å². The molecule has 1 rings (SSSR count). The number of hydrogen-bond acceptors (Lipinski definition) is 2. The molecule has 0 spiro atoms. The molecular formula is C9H17N3. The fourth-order valence-electron chi connectivity index (χ4n) is 1.35. The van der Waals surface area contributed by atoms with Gasteiger partial charge >= 0.3 is 0 Å². The summed E-state index contributed by atoms with van der Waals surface area (Å²) in [4.78, 5) is 0. The predicted octanol–water partition coefficient (Wildman–Crippen LogP) is 1.62. The zero-order chi connectivity index (χ0) is 9.14. The smallest absolute Gasteiger partial charge is 0.0540 e. The predicted molar refractivity (Wildman–Crippen MR) is 49.9 cm³/mol. The summed E-state index contributed by atoms with van der Waals surface area (Å²) in [6.07, 6.45) is 2.98. The molecule has 0 saturated carbocycles. The molecule has 0 bridgehead atoms. The highest BCUT2D eigenvalue weighted by Crippen LogP contribution is 2.14. The lowest BCUT2D eigenvalue weighted by Crippen LogP contribution is -2.07. The Labute approximate surface area is 73.6 Å². The molecular weight excluding hydrogens is 150 g/mol. The molecule has 0 saturated heterocycles. The van der Waals surface area contributed by atoms with Crippen LogP contribution in [-0.4, -0.2) is 9.78 Å². The van der Waals surface area contributed by atoms with Crippen LogP contribution in [0.1, 0.15) is 37.6 Å². The lowest BCUT2D eigenvalue weighted by molar-refractivity contribution is 0.585. The Kier molecular flexibility index (Phi) is 2.87. The van der Waals surface area contributed by atoms with E-state index in [0.29, 0.717) is 0 Å². The first-order chi connectivity index (χ1) is 5.66. The molecule has 1 aromatic rings. The van der Waals surface area contributed by atoms with E-state index in [9.17, 15) is 0 Å². The largest absolute Gasteiger partial charge is 0.324 e. The van der Waals surface area contributed by atoms with E-state index in [1.165, 1.54) is 5.69 Å². The third-order valence-corrected chi connectivity index (χ3v) is 2.07. The quantitative estimate of drug-likeness (QED) is 0.743. The van der Waals surface area contributed by atoms with Crippen molar-refractivity contribution in [3.63, 3.8) is 0 Å². The molecule has 1 atom stereocenters. The Balaban J connectivity index is 2.88. The maximum Gasteiger partial charge on any atom is 0.0540 e. The van der Waals surface area contributed by atoms with Gasteiger partial charge in [0.15, 0.2) is 0 Å². The van der Waals surface area contributed by atoms with Crippen LogP contribution in [0.3, 0.4) is 0 Å². The summed E-state index contributed by atoms with van der Waals surface area (Å²) >= 11 is 0. The van der Waals surface area contributed by atoms with Gasteiger partial charge in [-0.25, -0.2) is 0 Å². The molecule has 2 N–H and O–H groups in total. The fourth-order valence-corrected chi connectivity index (χ4v) is 1.35. The minimum Gasteiger partial charge on any atom is -0.324 e. The summed E-state index contributed by atoms with van der Waals surface area (Å²) in [5, 5.41) is 4.26. The topological polar surface area (TPSA) is 43.8 Å². The van der Waals surface area contributed by atoms with Crippen LogP contribution in [-0.2, 0) is 6.54 Å². The SMILES string of the molecule is CCCn1ncc([C@H](C)N)c1C. The van der Waals surface area contributed by atoms with Crippen LogP contribution in [0.2, 0.25) is 0 Å². The molecule has 68 valence electrons. The first kappa shape index (κ1) is 9.26. The highest BCUT2D eigenvalue weighted by atomic mass is 15.3. The number of nitrogens with two attached hydrogens (primary N) is 1. The van der Waals surface area contributed by atoms with Crippen molar-refractivity contribution in [2.45, 2.75) is 39.8 Å². The average molecular weight is 167 g/mol. The molecule has 1 heterocycles. The van der Waals surface area contributed by atoms with Crippen LogP contribution < -0.4 is 5.73 Å². The van der Waals surface area contributed by atoms with Gasteiger partial charge in [0, 0.05) is 23.8 Å². The van der Waals surface area contributed by atoms with Gasteiger partial charge in [-0.3, -0.25) is 4.68 Å². The highest BCUT2D eigenvalue weighted by molar-refractivity contribution is 5.19. The van der Waals surface area contributed by atoms with Crippen molar-refractivity contribution in [3.8, 4) is 0 Å². The normalized spacial score (nSPS) is 13.3. The molecule has 0 aromatic carbocycles. The third kappa shape index (κ3) is 1.67. The van der Waals surface area contributed by atoms with E-state index in [1.54, 1.807) is 0 Å². The highest BCUT2D eigenvalue weighted by Gasteiger charge is 2.08. The van der Waals surface area contributed by atoms with Crippen LogP contribution in [0.15, 0.2) is 6.20 Å². The number of rotatable bonds is 3. The molecule has 0 radical (unpaired) electrons. The third-order valence-electron chi connectivity index (χ3n) is 2.07. The second-order valence-corrected chi connectivity index (χ2v) is 3.20. The van der Waals surface area contributed by atoms with E-state index in [-0.39, 0.29) is 6.04 Å². The second-order valence-electron chi connectivity index (χ2n) is 3.20. The van der Waals surface area contributed by atoms with Crippen molar-refractivity contribution < 1.29 is 0 Å². The van der Waals surface area contributed by atoms with Crippen molar-refractivity contribution in [2.24, 2.45) is 5.73 Å². The molecule has 0 aliphatic rings. The van der Waals surface area contributed by atoms with E-state index in [0.717, 1.165) is 18.5 Å². The van der Waals surface area contributed by atoms with Crippen LogP contribution >= 0.6 is 0 Å². The molecule has 0 aliphatic heterocycles. The number of nitrogens with zero attached hydrogens (tertiary/aromatic N) is 2. The van der Waals surface area contributed by atoms with E-state index >= 15 is 0 Å². The summed E-state index contributed by atoms with van der Waals surface area (Å²) in [6.45, 7) is 7.19. The molecule has 0 amide bonds. The monoisotopic (exact) mass is 167 g/mol. The van der Waals surface area contributed by atoms with E-state index < -0.39 is 0 Å². The first-order valence-electron chi connectivity index (χ1n) is 4.44.